The van der Waals surface area contributed by atoms with Gasteiger partial charge in [-0.2, -0.15) is 9.71 Å². The van der Waals surface area contributed by atoms with Crippen LogP contribution < -0.4 is 4.72 Å². The lowest BCUT2D eigenvalue weighted by Crippen LogP contribution is -2.44. The number of aromatic nitrogens is 2. The van der Waals surface area contributed by atoms with Crippen LogP contribution in [-0.2, 0) is 15.6 Å². The fourth-order valence-electron chi connectivity index (χ4n) is 3.63. The average Bonchev–Trinajstić information content (AvgIpc) is 3.15. The molecule has 1 N–H and O–H groups in total. The van der Waals surface area contributed by atoms with E-state index in [1.807, 2.05) is 6.07 Å². The van der Waals surface area contributed by atoms with E-state index < -0.39 is 15.6 Å². The number of nitrogens with zero attached hydrogens (tertiary/aromatic N) is 2. The molecule has 26 heavy (non-hydrogen) atoms. The predicted molar refractivity (Wildman–Crippen MR) is 97.3 cm³/mol. The summed E-state index contributed by atoms with van der Waals surface area (Å²) >= 11 is 0. The number of hydrogen-bond acceptors (Lipinski definition) is 5. The van der Waals surface area contributed by atoms with E-state index in [0.29, 0.717) is 35.4 Å². The summed E-state index contributed by atoms with van der Waals surface area (Å²) in [6, 6.07) is 7.14. The fraction of sp³-hybridized carbons (Fsp3) is 0.579. The van der Waals surface area contributed by atoms with E-state index in [-0.39, 0.29) is 5.92 Å². The third kappa shape index (κ3) is 3.30. The monoisotopic (exact) mass is 375 g/mol. The van der Waals surface area contributed by atoms with Gasteiger partial charge in [0.05, 0.1) is 10.4 Å². The summed E-state index contributed by atoms with van der Waals surface area (Å²) in [6.07, 6.45) is 5.42. The Morgan fingerprint density at radius 3 is 2.62 bits per heavy atom. The van der Waals surface area contributed by atoms with Gasteiger partial charge >= 0.3 is 0 Å². The van der Waals surface area contributed by atoms with Crippen LogP contribution in [0.3, 0.4) is 0 Å². The lowest BCUT2D eigenvalue weighted by molar-refractivity contribution is 0.333. The number of nitrogens with one attached hydrogen (secondary N) is 1. The van der Waals surface area contributed by atoms with Gasteiger partial charge in [0.15, 0.2) is 5.82 Å². The number of hydrogen-bond donors (Lipinski definition) is 1. The van der Waals surface area contributed by atoms with Gasteiger partial charge in [-0.3, -0.25) is 0 Å². The van der Waals surface area contributed by atoms with Crippen LogP contribution in [0.5, 0.6) is 0 Å². The van der Waals surface area contributed by atoms with Gasteiger partial charge in [0.25, 0.3) is 0 Å². The van der Waals surface area contributed by atoms with E-state index in [9.17, 15) is 8.42 Å². The second kappa shape index (κ2) is 6.46. The fourth-order valence-corrected chi connectivity index (χ4v) is 5.11. The van der Waals surface area contributed by atoms with Crippen LogP contribution >= 0.6 is 0 Å². The molecule has 0 bridgehead atoms. The minimum absolute atomic E-state index is 0.267. The van der Waals surface area contributed by atoms with Crippen LogP contribution in [0.15, 0.2) is 33.7 Å². The maximum absolute atomic E-state index is 13.1. The molecule has 0 aliphatic heterocycles. The molecule has 0 spiro atoms. The molecule has 4 rings (SSSR count). The van der Waals surface area contributed by atoms with Gasteiger partial charge in [-0.25, -0.2) is 8.42 Å². The van der Waals surface area contributed by atoms with Crippen molar-refractivity contribution in [3.8, 4) is 0 Å². The molecule has 1 aromatic heterocycles. The van der Waals surface area contributed by atoms with Crippen molar-refractivity contribution in [2.24, 2.45) is 0 Å². The highest BCUT2D eigenvalue weighted by molar-refractivity contribution is 7.89. The van der Waals surface area contributed by atoms with Gasteiger partial charge in [0, 0.05) is 5.92 Å². The normalized spacial score (nSPS) is 20.0. The largest absolute Gasteiger partial charge is 0.339 e. The molecular formula is C19H25N3O3S. The van der Waals surface area contributed by atoms with Crippen molar-refractivity contribution in [2.45, 2.75) is 74.6 Å². The van der Waals surface area contributed by atoms with Crippen LogP contribution in [0.25, 0.3) is 0 Å². The first-order chi connectivity index (χ1) is 12.4. The first-order valence-electron chi connectivity index (χ1n) is 9.38. The van der Waals surface area contributed by atoms with E-state index in [2.05, 4.69) is 28.7 Å². The average molecular weight is 375 g/mol. The zero-order valence-electron chi connectivity index (χ0n) is 15.2. The highest BCUT2D eigenvalue weighted by Gasteiger charge is 2.44. The second-order valence-electron chi connectivity index (χ2n) is 7.85. The molecule has 1 heterocycles. The van der Waals surface area contributed by atoms with Crippen molar-refractivity contribution in [1.29, 1.82) is 0 Å². The molecule has 2 aliphatic carbocycles. The first-order valence-corrected chi connectivity index (χ1v) is 10.9. The lowest BCUT2D eigenvalue weighted by Gasteiger charge is -2.26. The summed E-state index contributed by atoms with van der Waals surface area (Å²) in [6.45, 7) is 4.10. The quantitative estimate of drug-likeness (QED) is 0.829. The molecule has 140 valence electrons. The van der Waals surface area contributed by atoms with E-state index in [0.717, 1.165) is 31.2 Å². The van der Waals surface area contributed by atoms with Gasteiger partial charge in [-0.15, -0.1) is 0 Å². The summed E-state index contributed by atoms with van der Waals surface area (Å²) in [5.41, 5.74) is 0.243. The zero-order chi connectivity index (χ0) is 18.4. The molecule has 0 unspecified atom stereocenters. The highest BCUT2D eigenvalue weighted by Crippen LogP contribution is 2.42. The van der Waals surface area contributed by atoms with Crippen molar-refractivity contribution in [2.75, 3.05) is 0 Å². The topological polar surface area (TPSA) is 85.1 Å². The summed E-state index contributed by atoms with van der Waals surface area (Å²) < 4.78 is 34.5. The molecule has 0 atom stereocenters. The molecule has 6 nitrogen and oxygen atoms in total. The Labute approximate surface area is 154 Å². The molecule has 2 aliphatic rings. The molecule has 7 heteroatoms. The molecule has 0 amide bonds. The van der Waals surface area contributed by atoms with Crippen LogP contribution in [0.4, 0.5) is 0 Å². The predicted octanol–water partition coefficient (Wildman–Crippen LogP) is 3.82. The lowest BCUT2D eigenvalue weighted by atomic mass is 9.98. The summed E-state index contributed by atoms with van der Waals surface area (Å²) in [5.74, 6) is 1.76. The van der Waals surface area contributed by atoms with Crippen LogP contribution in [0.2, 0.25) is 0 Å². The van der Waals surface area contributed by atoms with Gasteiger partial charge in [0.2, 0.25) is 15.9 Å². The Hall–Kier alpha value is -1.73. The minimum Gasteiger partial charge on any atom is -0.339 e. The highest BCUT2D eigenvalue weighted by atomic mass is 32.2. The number of benzene rings is 1. The Balaban J connectivity index is 1.66. The van der Waals surface area contributed by atoms with Crippen LogP contribution in [0, 0.1) is 0 Å². The van der Waals surface area contributed by atoms with Crippen LogP contribution in [-0.4, -0.2) is 18.6 Å². The van der Waals surface area contributed by atoms with Crippen molar-refractivity contribution in [3.63, 3.8) is 0 Å². The third-order valence-corrected chi connectivity index (χ3v) is 6.95. The third-order valence-electron chi connectivity index (χ3n) is 5.42. The zero-order valence-corrected chi connectivity index (χ0v) is 16.1. The van der Waals surface area contributed by atoms with Crippen LogP contribution in [0.1, 0.15) is 81.5 Å². The van der Waals surface area contributed by atoms with E-state index >= 15 is 0 Å². The molecule has 2 fully saturated rings. The molecular weight excluding hydrogens is 350 g/mol. The second-order valence-corrected chi connectivity index (χ2v) is 9.53. The molecule has 1 aromatic carbocycles. The minimum atomic E-state index is -3.67. The van der Waals surface area contributed by atoms with Gasteiger partial charge in [-0.1, -0.05) is 44.0 Å². The van der Waals surface area contributed by atoms with Gasteiger partial charge < -0.3 is 4.52 Å². The Morgan fingerprint density at radius 1 is 1.23 bits per heavy atom. The first kappa shape index (κ1) is 17.7. The molecule has 0 saturated heterocycles. The smallest absolute Gasteiger partial charge is 0.241 e. The van der Waals surface area contributed by atoms with Crippen molar-refractivity contribution < 1.29 is 12.9 Å². The SMILES string of the molecule is CC(C)c1cccc(S(=O)(=O)NC2(c3noc(C4CC4)n3)CCCC2)c1. The Morgan fingerprint density at radius 2 is 1.96 bits per heavy atom. The summed E-state index contributed by atoms with van der Waals surface area (Å²) in [4.78, 5) is 4.84. The van der Waals surface area contributed by atoms with Crippen molar-refractivity contribution in [1.82, 2.24) is 14.9 Å². The molecule has 0 radical (unpaired) electrons. The molecule has 2 saturated carbocycles. The summed E-state index contributed by atoms with van der Waals surface area (Å²) in [5, 5.41) is 4.14. The van der Waals surface area contributed by atoms with Gasteiger partial charge in [-0.05, 0) is 49.3 Å². The molecule has 2 aromatic rings. The maximum atomic E-state index is 13.1. The maximum Gasteiger partial charge on any atom is 0.241 e. The Bertz CT molecular complexity index is 894. The Kier molecular flexibility index (Phi) is 4.39. The number of rotatable bonds is 6. The summed E-state index contributed by atoms with van der Waals surface area (Å²) in [7, 11) is -3.67. The van der Waals surface area contributed by atoms with Crippen molar-refractivity contribution in [3.05, 3.63) is 41.5 Å². The number of sulfonamides is 1. The van der Waals surface area contributed by atoms with E-state index in [1.54, 1.807) is 18.2 Å². The van der Waals surface area contributed by atoms with Crippen molar-refractivity contribution >= 4 is 10.0 Å². The van der Waals surface area contributed by atoms with E-state index in [4.69, 9.17) is 4.52 Å². The van der Waals surface area contributed by atoms with Gasteiger partial charge in [0.1, 0.15) is 0 Å². The van der Waals surface area contributed by atoms with E-state index in [1.165, 1.54) is 0 Å². The standard InChI is InChI=1S/C19H25N3O3S/c1-13(2)15-6-5-7-16(12-15)26(23,24)22-19(10-3-4-11-19)18-20-17(25-21-18)14-8-9-14/h5-7,12-14,22H,3-4,8-11H2,1-2H3.